The van der Waals surface area contributed by atoms with Crippen LogP contribution in [0.5, 0.6) is 5.75 Å². The predicted molar refractivity (Wildman–Crippen MR) is 129 cm³/mol. The minimum absolute atomic E-state index is 0.453. The van der Waals surface area contributed by atoms with E-state index >= 15 is 0 Å². The van der Waals surface area contributed by atoms with E-state index in [1.165, 1.54) is 0 Å². The van der Waals surface area contributed by atoms with Gasteiger partial charge in [0.1, 0.15) is 18.4 Å². The number of aromatic nitrogens is 2. The number of benzene rings is 4. The third-order valence-corrected chi connectivity index (χ3v) is 5.61. The molecule has 5 aromatic rings. The van der Waals surface area contributed by atoms with Crippen LogP contribution in [0.4, 0.5) is 0 Å². The first-order valence-electron chi connectivity index (χ1n) is 10.5. The second kappa shape index (κ2) is 8.41. The van der Waals surface area contributed by atoms with Crippen LogP contribution < -0.4 is 4.74 Å². The first-order chi connectivity index (χ1) is 15.7. The van der Waals surface area contributed by atoms with E-state index in [1.54, 1.807) is 0 Å². The molecule has 0 N–H and O–H groups in total. The number of aryl methyl sites for hydroxylation is 1. The highest BCUT2D eigenvalue weighted by atomic mass is 16.5. The van der Waals surface area contributed by atoms with E-state index in [-0.39, 0.29) is 0 Å². The van der Waals surface area contributed by atoms with Gasteiger partial charge in [-0.3, -0.25) is 0 Å². The van der Waals surface area contributed by atoms with Crippen molar-refractivity contribution in [2.75, 3.05) is 0 Å². The number of rotatable bonds is 5. The summed E-state index contributed by atoms with van der Waals surface area (Å²) in [6, 6.07) is 32.5. The monoisotopic (exact) mass is 415 g/mol. The summed E-state index contributed by atoms with van der Waals surface area (Å²) in [5.74, 6) is 1.37. The third kappa shape index (κ3) is 3.61. The van der Waals surface area contributed by atoms with Gasteiger partial charge in [-0.15, -0.1) is 0 Å². The molecule has 0 spiro atoms. The van der Waals surface area contributed by atoms with Crippen molar-refractivity contribution in [2.24, 2.45) is 7.05 Å². The van der Waals surface area contributed by atoms with Gasteiger partial charge >= 0.3 is 0 Å². The standard InChI is InChI=1S/C28H21N3O/c1-31-26-14-8-7-13-25(26)30-28(31)22(18-29)17-24-23-12-6-5-11-21(23)15-16-27(24)32-19-20-9-3-2-4-10-20/h2-17H,19H2,1H3. The highest BCUT2D eigenvalue weighted by Crippen LogP contribution is 2.33. The molecule has 0 atom stereocenters. The molecule has 0 fully saturated rings. The van der Waals surface area contributed by atoms with Gasteiger partial charge in [0, 0.05) is 12.6 Å². The van der Waals surface area contributed by atoms with Crippen LogP contribution >= 0.6 is 0 Å². The summed E-state index contributed by atoms with van der Waals surface area (Å²) in [7, 11) is 1.94. The lowest BCUT2D eigenvalue weighted by molar-refractivity contribution is 0.306. The van der Waals surface area contributed by atoms with Crippen molar-refractivity contribution >= 4 is 33.5 Å². The zero-order valence-corrected chi connectivity index (χ0v) is 17.7. The van der Waals surface area contributed by atoms with Crippen molar-refractivity contribution in [1.82, 2.24) is 9.55 Å². The van der Waals surface area contributed by atoms with Gasteiger partial charge in [0.2, 0.25) is 0 Å². The molecule has 154 valence electrons. The fourth-order valence-corrected chi connectivity index (χ4v) is 3.96. The molecular formula is C28H21N3O. The van der Waals surface area contributed by atoms with Crippen molar-refractivity contribution in [3.8, 4) is 11.8 Å². The molecule has 0 saturated carbocycles. The predicted octanol–water partition coefficient (Wildman–Crippen LogP) is 6.37. The summed E-state index contributed by atoms with van der Waals surface area (Å²) in [4.78, 5) is 4.71. The number of nitrogens with zero attached hydrogens (tertiary/aromatic N) is 3. The Balaban J connectivity index is 1.64. The van der Waals surface area contributed by atoms with E-state index in [4.69, 9.17) is 9.72 Å². The highest BCUT2D eigenvalue weighted by molar-refractivity contribution is 6.00. The molecular weight excluding hydrogens is 394 g/mol. The SMILES string of the molecule is Cn1c(C(C#N)=Cc2c(OCc3ccccc3)ccc3ccccc23)nc2ccccc21. The zero-order chi connectivity index (χ0) is 21.9. The summed E-state index contributed by atoms with van der Waals surface area (Å²) < 4.78 is 8.18. The lowest BCUT2D eigenvalue weighted by Crippen LogP contribution is -1.99. The number of fused-ring (bicyclic) bond motifs is 2. The molecule has 0 unspecified atom stereocenters. The average molecular weight is 415 g/mol. The van der Waals surface area contributed by atoms with Crippen molar-refractivity contribution < 1.29 is 4.74 Å². The van der Waals surface area contributed by atoms with Gasteiger partial charge in [-0.25, -0.2) is 4.98 Å². The largest absolute Gasteiger partial charge is 0.488 e. The summed E-state index contributed by atoms with van der Waals surface area (Å²) in [6.45, 7) is 0.453. The highest BCUT2D eigenvalue weighted by Gasteiger charge is 2.15. The first-order valence-corrected chi connectivity index (χ1v) is 10.5. The van der Waals surface area contributed by atoms with Crippen LogP contribution in [0.15, 0.2) is 91.0 Å². The molecule has 0 aliphatic rings. The summed E-state index contributed by atoms with van der Waals surface area (Å²) in [6.07, 6.45) is 1.89. The number of hydrogen-bond donors (Lipinski definition) is 0. The second-order valence-corrected chi connectivity index (χ2v) is 7.63. The minimum Gasteiger partial charge on any atom is -0.488 e. The Morgan fingerprint density at radius 1 is 0.938 bits per heavy atom. The van der Waals surface area contributed by atoms with Crippen LogP contribution in [0.2, 0.25) is 0 Å². The Hall–Kier alpha value is -4.36. The van der Waals surface area contributed by atoms with Gasteiger partial charge in [0.15, 0.2) is 5.82 Å². The van der Waals surface area contributed by atoms with E-state index in [0.29, 0.717) is 18.0 Å². The van der Waals surface area contributed by atoms with Gasteiger partial charge in [-0.05, 0) is 40.6 Å². The van der Waals surface area contributed by atoms with Crippen LogP contribution in [-0.4, -0.2) is 9.55 Å². The van der Waals surface area contributed by atoms with Gasteiger partial charge in [-0.2, -0.15) is 5.26 Å². The van der Waals surface area contributed by atoms with Gasteiger partial charge in [0.05, 0.1) is 16.6 Å². The normalized spacial score (nSPS) is 11.6. The lowest BCUT2D eigenvalue weighted by atomic mass is 10.0. The number of para-hydroxylation sites is 2. The van der Waals surface area contributed by atoms with Crippen molar-refractivity contribution in [3.63, 3.8) is 0 Å². The molecule has 4 nitrogen and oxygen atoms in total. The van der Waals surface area contributed by atoms with Crippen molar-refractivity contribution in [1.29, 1.82) is 5.26 Å². The maximum Gasteiger partial charge on any atom is 0.151 e. The second-order valence-electron chi connectivity index (χ2n) is 7.63. The quantitative estimate of drug-likeness (QED) is 0.313. The fraction of sp³-hybridized carbons (Fsp3) is 0.0714. The third-order valence-electron chi connectivity index (χ3n) is 5.61. The van der Waals surface area contributed by atoms with Crippen LogP contribution in [-0.2, 0) is 13.7 Å². The van der Waals surface area contributed by atoms with E-state index in [2.05, 4.69) is 18.2 Å². The Labute approximate surface area is 186 Å². The van der Waals surface area contributed by atoms with Crippen LogP contribution in [0.1, 0.15) is 17.0 Å². The number of imidazole rings is 1. The Kier molecular flexibility index (Phi) is 5.15. The van der Waals surface area contributed by atoms with Gasteiger partial charge < -0.3 is 9.30 Å². The molecule has 32 heavy (non-hydrogen) atoms. The number of ether oxygens (including phenoxy) is 1. The van der Waals surface area contributed by atoms with Gasteiger partial charge in [-0.1, -0.05) is 72.8 Å². The lowest BCUT2D eigenvalue weighted by Gasteiger charge is -2.13. The number of allylic oxidation sites excluding steroid dienone is 1. The van der Waals surface area contributed by atoms with Crippen LogP contribution in [0, 0.1) is 11.3 Å². The van der Waals surface area contributed by atoms with Crippen molar-refractivity contribution in [3.05, 3.63) is 108 Å². The maximum absolute atomic E-state index is 10.0. The summed E-state index contributed by atoms with van der Waals surface area (Å²) in [5.41, 5.74) is 4.31. The molecule has 1 heterocycles. The van der Waals surface area contributed by atoms with E-state index in [0.717, 1.165) is 38.7 Å². The summed E-state index contributed by atoms with van der Waals surface area (Å²) >= 11 is 0. The molecule has 0 aliphatic heterocycles. The molecule has 4 aromatic carbocycles. The maximum atomic E-state index is 10.0. The Bertz CT molecular complexity index is 1490. The summed E-state index contributed by atoms with van der Waals surface area (Å²) in [5, 5.41) is 12.2. The molecule has 4 heteroatoms. The van der Waals surface area contributed by atoms with Crippen LogP contribution in [0.3, 0.4) is 0 Å². The Morgan fingerprint density at radius 2 is 1.69 bits per heavy atom. The number of nitriles is 1. The number of hydrogen-bond acceptors (Lipinski definition) is 3. The molecule has 5 rings (SSSR count). The smallest absolute Gasteiger partial charge is 0.151 e. The topological polar surface area (TPSA) is 50.8 Å². The minimum atomic E-state index is 0.453. The molecule has 0 bridgehead atoms. The molecule has 0 amide bonds. The molecule has 0 radical (unpaired) electrons. The molecule has 1 aromatic heterocycles. The molecule has 0 saturated heterocycles. The molecule has 0 aliphatic carbocycles. The van der Waals surface area contributed by atoms with E-state index in [1.807, 2.05) is 96.6 Å². The van der Waals surface area contributed by atoms with E-state index in [9.17, 15) is 5.26 Å². The average Bonchev–Trinajstić information content (AvgIpc) is 3.18. The fourth-order valence-electron chi connectivity index (χ4n) is 3.96. The van der Waals surface area contributed by atoms with Crippen LogP contribution in [0.25, 0.3) is 33.5 Å². The Morgan fingerprint density at radius 3 is 2.50 bits per heavy atom. The zero-order valence-electron chi connectivity index (χ0n) is 17.7. The van der Waals surface area contributed by atoms with Gasteiger partial charge in [0.25, 0.3) is 0 Å². The van der Waals surface area contributed by atoms with Crippen molar-refractivity contribution in [2.45, 2.75) is 6.61 Å². The van der Waals surface area contributed by atoms with E-state index < -0.39 is 0 Å². The first kappa shape index (κ1) is 19.6.